The summed E-state index contributed by atoms with van der Waals surface area (Å²) in [7, 11) is 0. The van der Waals surface area contributed by atoms with E-state index >= 15 is 0 Å². The van der Waals surface area contributed by atoms with Crippen molar-refractivity contribution in [2.75, 3.05) is 25.0 Å². The molecule has 0 amide bonds. The van der Waals surface area contributed by atoms with Crippen LogP contribution in [0.15, 0.2) is 60.8 Å². The monoisotopic (exact) mass is 361 g/mol. The van der Waals surface area contributed by atoms with Crippen LogP contribution in [-0.2, 0) is 13.1 Å². The van der Waals surface area contributed by atoms with Crippen molar-refractivity contribution in [3.63, 3.8) is 0 Å². The average Bonchev–Trinajstić information content (AvgIpc) is 2.73. The quantitative estimate of drug-likeness (QED) is 0.695. The standard InChI is InChI=1S/C23H27N3O/c27-17-18-9-11-26(12-10-18)16-21-6-2-4-8-23(21)25-15-19-13-20-5-1-3-7-22(20)24-14-19/h1-8,13-14,18,25,27H,9-12,15-17H2. The second-order valence-corrected chi connectivity index (χ2v) is 7.45. The molecule has 0 unspecified atom stereocenters. The molecule has 4 rings (SSSR count). The van der Waals surface area contributed by atoms with Gasteiger partial charge in [-0.25, -0.2) is 0 Å². The molecule has 1 fully saturated rings. The number of anilines is 1. The number of aliphatic hydroxyl groups is 1. The van der Waals surface area contributed by atoms with Gasteiger partial charge in [0.1, 0.15) is 0 Å². The molecule has 140 valence electrons. The van der Waals surface area contributed by atoms with Crippen molar-refractivity contribution in [3.05, 3.63) is 71.9 Å². The molecule has 4 heteroatoms. The van der Waals surface area contributed by atoms with E-state index in [1.807, 2.05) is 18.3 Å². The summed E-state index contributed by atoms with van der Waals surface area (Å²) in [5.74, 6) is 0.482. The smallest absolute Gasteiger partial charge is 0.0702 e. The third-order valence-electron chi connectivity index (χ3n) is 5.51. The molecule has 2 heterocycles. The molecular weight excluding hydrogens is 334 g/mol. The Morgan fingerprint density at radius 1 is 1.04 bits per heavy atom. The summed E-state index contributed by atoms with van der Waals surface area (Å²) in [6.45, 7) is 4.17. The van der Waals surface area contributed by atoms with Crippen LogP contribution in [0.5, 0.6) is 0 Å². The molecule has 0 radical (unpaired) electrons. The average molecular weight is 361 g/mol. The van der Waals surface area contributed by atoms with Crippen LogP contribution in [0.1, 0.15) is 24.0 Å². The molecule has 0 spiro atoms. The highest BCUT2D eigenvalue weighted by Gasteiger charge is 2.19. The van der Waals surface area contributed by atoms with E-state index in [2.05, 4.69) is 57.7 Å². The molecule has 0 saturated carbocycles. The number of fused-ring (bicyclic) bond motifs is 1. The summed E-state index contributed by atoms with van der Waals surface area (Å²) in [6, 6.07) is 19.0. The Morgan fingerprint density at radius 3 is 2.67 bits per heavy atom. The highest BCUT2D eigenvalue weighted by Crippen LogP contribution is 2.23. The van der Waals surface area contributed by atoms with Crippen molar-refractivity contribution in [1.82, 2.24) is 9.88 Å². The number of piperidine rings is 1. The number of hydrogen-bond donors (Lipinski definition) is 2. The van der Waals surface area contributed by atoms with Crippen molar-refractivity contribution in [2.24, 2.45) is 5.92 Å². The van der Waals surface area contributed by atoms with Crippen LogP contribution in [0, 0.1) is 5.92 Å². The molecule has 4 nitrogen and oxygen atoms in total. The molecule has 1 aliphatic heterocycles. The maximum atomic E-state index is 9.32. The first kappa shape index (κ1) is 18.0. The van der Waals surface area contributed by atoms with Gasteiger partial charge in [0.2, 0.25) is 0 Å². The molecule has 0 atom stereocenters. The van der Waals surface area contributed by atoms with Crippen LogP contribution in [-0.4, -0.2) is 34.7 Å². The molecule has 1 aromatic heterocycles. The summed E-state index contributed by atoms with van der Waals surface area (Å²) >= 11 is 0. The first-order valence-electron chi connectivity index (χ1n) is 9.80. The number of rotatable bonds is 6. The summed E-state index contributed by atoms with van der Waals surface area (Å²) < 4.78 is 0. The van der Waals surface area contributed by atoms with Crippen molar-refractivity contribution >= 4 is 16.6 Å². The van der Waals surface area contributed by atoms with Gasteiger partial charge >= 0.3 is 0 Å². The van der Waals surface area contributed by atoms with Crippen LogP contribution in [0.25, 0.3) is 10.9 Å². The van der Waals surface area contributed by atoms with Gasteiger partial charge in [0.25, 0.3) is 0 Å². The molecule has 3 aromatic rings. The van der Waals surface area contributed by atoms with E-state index in [-0.39, 0.29) is 0 Å². The molecule has 0 aliphatic carbocycles. The lowest BCUT2D eigenvalue weighted by Crippen LogP contribution is -2.34. The van der Waals surface area contributed by atoms with Crippen molar-refractivity contribution in [2.45, 2.75) is 25.9 Å². The number of aliphatic hydroxyl groups excluding tert-OH is 1. The minimum absolute atomic E-state index is 0.325. The number of nitrogens with one attached hydrogen (secondary N) is 1. The van der Waals surface area contributed by atoms with Gasteiger partial charge in [-0.05, 0) is 61.2 Å². The van der Waals surface area contributed by atoms with Gasteiger partial charge in [0.05, 0.1) is 5.52 Å². The molecule has 2 aromatic carbocycles. The number of aromatic nitrogens is 1. The van der Waals surface area contributed by atoms with Gasteiger partial charge < -0.3 is 10.4 Å². The van der Waals surface area contributed by atoms with Gasteiger partial charge in [-0.15, -0.1) is 0 Å². The van der Waals surface area contributed by atoms with Gasteiger partial charge in [0.15, 0.2) is 0 Å². The first-order chi connectivity index (χ1) is 13.3. The zero-order valence-electron chi connectivity index (χ0n) is 15.6. The highest BCUT2D eigenvalue weighted by molar-refractivity contribution is 5.78. The lowest BCUT2D eigenvalue weighted by Gasteiger charge is -2.31. The third-order valence-corrected chi connectivity index (χ3v) is 5.51. The van der Waals surface area contributed by atoms with Gasteiger partial charge in [0, 0.05) is 37.0 Å². The van der Waals surface area contributed by atoms with Crippen LogP contribution < -0.4 is 5.32 Å². The lowest BCUT2D eigenvalue weighted by atomic mass is 9.97. The number of likely N-dealkylation sites (tertiary alicyclic amines) is 1. The maximum absolute atomic E-state index is 9.32. The Kier molecular flexibility index (Phi) is 5.66. The zero-order valence-corrected chi connectivity index (χ0v) is 15.6. The molecule has 27 heavy (non-hydrogen) atoms. The summed E-state index contributed by atoms with van der Waals surface area (Å²) in [6.07, 6.45) is 4.14. The molecule has 1 aliphatic rings. The Balaban J connectivity index is 1.41. The largest absolute Gasteiger partial charge is 0.396 e. The van der Waals surface area contributed by atoms with E-state index in [4.69, 9.17) is 0 Å². The van der Waals surface area contributed by atoms with E-state index in [1.54, 1.807) is 0 Å². The molecule has 2 N–H and O–H groups in total. The van der Waals surface area contributed by atoms with E-state index < -0.39 is 0 Å². The van der Waals surface area contributed by atoms with Crippen molar-refractivity contribution in [1.29, 1.82) is 0 Å². The molecule has 0 bridgehead atoms. The van der Waals surface area contributed by atoms with Crippen molar-refractivity contribution < 1.29 is 5.11 Å². The second-order valence-electron chi connectivity index (χ2n) is 7.45. The fourth-order valence-electron chi connectivity index (χ4n) is 3.81. The molecular formula is C23H27N3O. The van der Waals surface area contributed by atoms with E-state index in [0.717, 1.165) is 44.5 Å². The summed E-state index contributed by atoms with van der Waals surface area (Å²) in [5, 5.41) is 14.1. The van der Waals surface area contributed by atoms with Crippen LogP contribution >= 0.6 is 0 Å². The minimum Gasteiger partial charge on any atom is -0.396 e. The lowest BCUT2D eigenvalue weighted by molar-refractivity contribution is 0.127. The topological polar surface area (TPSA) is 48.4 Å². The highest BCUT2D eigenvalue weighted by atomic mass is 16.3. The first-order valence-corrected chi connectivity index (χ1v) is 9.80. The Labute approximate surface area is 160 Å². The Bertz CT molecular complexity index is 887. The number of nitrogens with zero attached hydrogens (tertiary/aromatic N) is 2. The van der Waals surface area contributed by atoms with Gasteiger partial charge in [-0.2, -0.15) is 0 Å². The number of para-hydroxylation sites is 2. The van der Waals surface area contributed by atoms with Gasteiger partial charge in [-0.1, -0.05) is 36.4 Å². The summed E-state index contributed by atoms with van der Waals surface area (Å²) in [4.78, 5) is 7.05. The second kappa shape index (κ2) is 8.51. The fourth-order valence-corrected chi connectivity index (χ4v) is 3.81. The number of benzene rings is 2. The Morgan fingerprint density at radius 2 is 1.81 bits per heavy atom. The fraction of sp³-hybridized carbons (Fsp3) is 0.348. The molecule has 1 saturated heterocycles. The predicted molar refractivity (Wildman–Crippen MR) is 111 cm³/mol. The maximum Gasteiger partial charge on any atom is 0.0702 e. The van der Waals surface area contributed by atoms with Crippen LogP contribution in [0.2, 0.25) is 0 Å². The zero-order chi connectivity index (χ0) is 18.5. The predicted octanol–water partition coefficient (Wildman–Crippen LogP) is 4.05. The minimum atomic E-state index is 0.325. The summed E-state index contributed by atoms with van der Waals surface area (Å²) in [5.41, 5.74) is 4.74. The Hall–Kier alpha value is -2.43. The normalized spacial score (nSPS) is 15.9. The van der Waals surface area contributed by atoms with E-state index in [0.29, 0.717) is 12.5 Å². The third kappa shape index (κ3) is 4.46. The van der Waals surface area contributed by atoms with Crippen molar-refractivity contribution in [3.8, 4) is 0 Å². The number of pyridine rings is 1. The van der Waals surface area contributed by atoms with Crippen LogP contribution in [0.3, 0.4) is 0 Å². The van der Waals surface area contributed by atoms with E-state index in [1.165, 1.54) is 22.2 Å². The number of hydrogen-bond acceptors (Lipinski definition) is 4. The van der Waals surface area contributed by atoms with Crippen LogP contribution in [0.4, 0.5) is 5.69 Å². The SMILES string of the molecule is OCC1CCN(Cc2ccccc2NCc2cnc3ccccc3c2)CC1. The van der Waals surface area contributed by atoms with E-state index in [9.17, 15) is 5.11 Å². The van der Waals surface area contributed by atoms with Gasteiger partial charge in [-0.3, -0.25) is 9.88 Å².